The molecule has 47 valence electrons. The summed E-state index contributed by atoms with van der Waals surface area (Å²) in [7, 11) is -5.06. The third-order valence-corrected chi connectivity index (χ3v) is 0.827. The number of rotatable bonds is 2. The van der Waals surface area contributed by atoms with Crippen molar-refractivity contribution in [1.29, 1.82) is 0 Å². The summed E-state index contributed by atoms with van der Waals surface area (Å²) in [5.74, 6) is 0. The standard InChI is InChI=1S/FN2O4S/c1-2-8(6,7)3(4)5. The summed E-state index contributed by atoms with van der Waals surface area (Å²) >= 11 is 0. The number of halogens is 1. The molecule has 0 atom stereocenters. The highest BCUT2D eigenvalue weighted by Gasteiger charge is 2.25. The molecular weight excluding hydrogens is 143 g/mol. The van der Waals surface area contributed by atoms with Gasteiger partial charge in [0.1, 0.15) is 4.94 Å². The van der Waals surface area contributed by atoms with Crippen LogP contribution in [0.3, 0.4) is 0 Å². The summed E-state index contributed by atoms with van der Waals surface area (Å²) in [5, 5.41) is 9.14. The van der Waals surface area contributed by atoms with Crippen molar-refractivity contribution in [2.75, 3.05) is 0 Å². The van der Waals surface area contributed by atoms with E-state index in [1.807, 2.05) is 0 Å². The molecule has 0 rings (SSSR count). The van der Waals surface area contributed by atoms with Crippen molar-refractivity contribution in [1.82, 2.24) is 4.94 Å². The molecule has 0 heterocycles. The van der Waals surface area contributed by atoms with E-state index in [1.54, 1.807) is 0 Å². The van der Waals surface area contributed by atoms with Crippen molar-refractivity contribution in [3.63, 3.8) is 0 Å². The molecule has 0 aromatic rings. The number of hydrogen-bond donors (Lipinski definition) is 0. The van der Waals surface area contributed by atoms with Gasteiger partial charge in [0.05, 0.1) is 0 Å². The van der Waals surface area contributed by atoms with E-state index in [0.717, 1.165) is 4.94 Å². The van der Waals surface area contributed by atoms with Gasteiger partial charge in [0, 0.05) is 0 Å². The molecule has 0 unspecified atom stereocenters. The smallest absolute Gasteiger partial charge is 0.246 e. The largest absolute Gasteiger partial charge is 0.544 e. The lowest BCUT2D eigenvalue weighted by Gasteiger charge is -1.80. The molecule has 0 bridgehead atoms. The average Bonchev–Trinajstić information content (AvgIpc) is 1.67. The summed E-state index contributed by atoms with van der Waals surface area (Å²) in [6.07, 6.45) is 0. The van der Waals surface area contributed by atoms with Gasteiger partial charge in [0.2, 0.25) is 0 Å². The summed E-state index contributed by atoms with van der Waals surface area (Å²) < 4.78 is 27.7. The highest BCUT2D eigenvalue weighted by molar-refractivity contribution is 7.83. The van der Waals surface area contributed by atoms with Crippen LogP contribution in [0, 0.1) is 10.1 Å². The van der Waals surface area contributed by atoms with Crippen LogP contribution in [0.15, 0.2) is 0 Å². The molecular formula is FN2O4S. The van der Waals surface area contributed by atoms with E-state index >= 15 is 0 Å². The molecule has 6 nitrogen and oxygen atoms in total. The van der Waals surface area contributed by atoms with Gasteiger partial charge in [-0.1, -0.05) is 4.48 Å². The first-order valence-electron chi connectivity index (χ1n) is 1.23. The van der Waals surface area contributed by atoms with E-state index in [1.165, 1.54) is 0 Å². The van der Waals surface area contributed by atoms with Crippen LogP contribution in [0.4, 0.5) is 4.48 Å². The lowest BCUT2D eigenvalue weighted by atomic mass is 13.4. The molecule has 0 fully saturated rings. The van der Waals surface area contributed by atoms with Gasteiger partial charge in [-0.25, -0.2) is 10.1 Å². The molecule has 0 saturated heterocycles. The minimum Gasteiger partial charge on any atom is -0.246 e. The van der Waals surface area contributed by atoms with Crippen molar-refractivity contribution in [3.8, 4) is 0 Å². The minimum atomic E-state index is -5.06. The maximum Gasteiger partial charge on any atom is 0.544 e. The van der Waals surface area contributed by atoms with Crippen molar-refractivity contribution in [2.45, 2.75) is 0 Å². The Morgan fingerprint density at radius 3 is 2.00 bits per heavy atom. The Balaban J connectivity index is 4.42. The molecule has 0 saturated carbocycles. The number of nitro groups is 1. The SMILES string of the molecule is O=[N+]([O-])S(=O)(=O)[N]F. The zero-order valence-electron chi connectivity index (χ0n) is 3.31. The predicted octanol–water partition coefficient (Wildman–Crippen LogP) is -1.00. The van der Waals surface area contributed by atoms with Gasteiger partial charge in [-0.15, -0.1) is 8.42 Å². The fourth-order valence-electron chi connectivity index (χ4n) is 0.0252. The van der Waals surface area contributed by atoms with E-state index in [9.17, 15) is 12.9 Å². The molecule has 0 N–H and O–H groups in total. The molecule has 1 radical (unpaired) electrons. The van der Waals surface area contributed by atoms with Crippen LogP contribution in [0.25, 0.3) is 0 Å². The summed E-state index contributed by atoms with van der Waals surface area (Å²) in [6.45, 7) is 0. The number of hydrogen-bond acceptors (Lipinski definition) is 4. The zero-order valence-corrected chi connectivity index (χ0v) is 4.13. The fourth-order valence-corrected chi connectivity index (χ4v) is 0.0756. The molecule has 0 spiro atoms. The van der Waals surface area contributed by atoms with E-state index in [4.69, 9.17) is 10.1 Å². The topological polar surface area (TPSA) is 91.4 Å². The van der Waals surface area contributed by atoms with Gasteiger partial charge in [-0.3, -0.25) is 0 Å². The lowest BCUT2D eigenvalue weighted by molar-refractivity contribution is -0.309. The van der Waals surface area contributed by atoms with Gasteiger partial charge in [-0.05, 0) is 0 Å². The fraction of sp³-hybridized carbons (Fsp3) is 0. The quantitative estimate of drug-likeness (QED) is 0.366. The Morgan fingerprint density at radius 1 is 1.62 bits per heavy atom. The highest BCUT2D eigenvalue weighted by atomic mass is 32.2. The second kappa shape index (κ2) is 2.01. The van der Waals surface area contributed by atoms with E-state index in [2.05, 4.69) is 0 Å². The normalized spacial score (nSPS) is 11.1. The lowest BCUT2D eigenvalue weighted by Crippen LogP contribution is -2.17. The molecule has 8 heteroatoms. The second-order valence-corrected chi connectivity index (χ2v) is 2.07. The van der Waals surface area contributed by atoms with E-state index in [0.29, 0.717) is 0 Å². The Bertz CT molecular complexity index is 180. The second-order valence-electron chi connectivity index (χ2n) is 0.740. The van der Waals surface area contributed by atoms with Crippen LogP contribution < -0.4 is 4.94 Å². The van der Waals surface area contributed by atoms with Gasteiger partial charge < -0.3 is 0 Å². The van der Waals surface area contributed by atoms with Gasteiger partial charge >= 0.3 is 10.2 Å². The van der Waals surface area contributed by atoms with Crippen LogP contribution in [0.5, 0.6) is 0 Å². The predicted molar refractivity (Wildman–Crippen MR) is 19.2 cm³/mol. The van der Waals surface area contributed by atoms with Gasteiger partial charge in [0.15, 0.2) is 4.33 Å². The van der Waals surface area contributed by atoms with Crippen molar-refractivity contribution in [2.24, 2.45) is 0 Å². The average molecular weight is 143 g/mol. The van der Waals surface area contributed by atoms with Crippen LogP contribution in [-0.4, -0.2) is 12.7 Å². The van der Waals surface area contributed by atoms with Crippen LogP contribution in [0.2, 0.25) is 0 Å². The first kappa shape index (κ1) is 7.24. The maximum atomic E-state index is 10.6. The third kappa shape index (κ3) is 1.39. The Hall–Kier alpha value is -0.760. The molecule has 0 aliphatic heterocycles. The summed E-state index contributed by atoms with van der Waals surface area (Å²) in [5.41, 5.74) is 0. The molecule has 0 aliphatic rings. The monoisotopic (exact) mass is 143 g/mol. The van der Waals surface area contributed by atoms with Crippen LogP contribution in [-0.2, 0) is 10.2 Å². The Morgan fingerprint density at radius 2 is 2.00 bits per heavy atom. The molecule has 0 aliphatic carbocycles. The summed E-state index contributed by atoms with van der Waals surface area (Å²) in [4.78, 5) is 10.1. The first-order chi connectivity index (χ1) is 3.50. The molecule has 0 aromatic heterocycles. The van der Waals surface area contributed by atoms with Crippen molar-refractivity contribution < 1.29 is 17.2 Å². The highest BCUT2D eigenvalue weighted by Crippen LogP contribution is 1.83. The van der Waals surface area contributed by atoms with E-state index < -0.39 is 14.5 Å². The van der Waals surface area contributed by atoms with Gasteiger partial charge in [0.25, 0.3) is 0 Å². The van der Waals surface area contributed by atoms with Crippen molar-refractivity contribution in [3.05, 3.63) is 10.1 Å². The van der Waals surface area contributed by atoms with Crippen LogP contribution in [0.1, 0.15) is 0 Å². The minimum absolute atomic E-state index is 0.993. The van der Waals surface area contributed by atoms with E-state index in [-0.39, 0.29) is 0 Å². The van der Waals surface area contributed by atoms with Gasteiger partial charge in [-0.2, -0.15) is 0 Å². The maximum absolute atomic E-state index is 10.6. The zero-order chi connectivity index (χ0) is 6.78. The first-order valence-corrected chi connectivity index (χ1v) is 2.63. The Kier molecular flexibility index (Phi) is 1.82. The molecule has 0 aromatic carbocycles. The Labute approximate surface area is 43.6 Å². The third-order valence-electron chi connectivity index (χ3n) is 0.276. The number of nitrogens with zero attached hydrogens (tertiary/aromatic N) is 2. The summed E-state index contributed by atoms with van der Waals surface area (Å²) in [6, 6.07) is 0. The van der Waals surface area contributed by atoms with Crippen molar-refractivity contribution >= 4 is 10.2 Å². The molecule has 0 amide bonds. The molecule has 8 heavy (non-hydrogen) atoms. The van der Waals surface area contributed by atoms with Crippen LogP contribution >= 0.6 is 0 Å².